The normalized spacial score (nSPS) is 23.5. The molecule has 0 aliphatic heterocycles. The van der Waals surface area contributed by atoms with Gasteiger partial charge in [-0.3, -0.25) is 4.79 Å². The number of phenolic OH excluding ortho intramolecular Hbond substituents is 1. The zero-order valence-electron chi connectivity index (χ0n) is 12.2. The molecule has 5 nitrogen and oxygen atoms in total. The molecule has 1 aromatic rings. The number of rotatable bonds is 5. The van der Waals surface area contributed by atoms with E-state index in [1.807, 2.05) is 0 Å². The van der Waals surface area contributed by atoms with E-state index in [-0.39, 0.29) is 30.2 Å². The molecule has 5 N–H and O–H groups in total. The molecule has 1 saturated carbocycles. The highest BCUT2D eigenvalue weighted by atomic mass is 16.3. The maximum Gasteiger partial charge on any atom is 0.237 e. The third-order valence-corrected chi connectivity index (χ3v) is 4.20. The molecule has 1 aliphatic carbocycles. The van der Waals surface area contributed by atoms with Gasteiger partial charge in [-0.2, -0.15) is 0 Å². The van der Waals surface area contributed by atoms with Crippen molar-refractivity contribution in [2.24, 2.45) is 11.7 Å². The van der Waals surface area contributed by atoms with Crippen LogP contribution in [-0.2, 0) is 11.2 Å². The van der Waals surface area contributed by atoms with E-state index >= 15 is 0 Å². The van der Waals surface area contributed by atoms with Gasteiger partial charge >= 0.3 is 0 Å². The van der Waals surface area contributed by atoms with Crippen LogP contribution < -0.4 is 11.1 Å². The Morgan fingerprint density at radius 1 is 1.29 bits per heavy atom. The van der Waals surface area contributed by atoms with Gasteiger partial charge in [0.25, 0.3) is 0 Å². The van der Waals surface area contributed by atoms with E-state index in [1.165, 1.54) is 0 Å². The molecule has 1 aromatic carbocycles. The van der Waals surface area contributed by atoms with Crippen molar-refractivity contribution in [1.82, 2.24) is 5.32 Å². The Balaban J connectivity index is 1.88. The summed E-state index contributed by atoms with van der Waals surface area (Å²) in [5, 5.41) is 21.6. The first-order valence-electron chi connectivity index (χ1n) is 7.55. The molecule has 0 aromatic heterocycles. The number of aliphatic hydroxyl groups excluding tert-OH is 1. The molecule has 2 rings (SSSR count). The number of aliphatic hydroxyl groups is 1. The molecule has 5 heteroatoms. The fraction of sp³-hybridized carbons (Fsp3) is 0.562. The molecule has 0 heterocycles. The van der Waals surface area contributed by atoms with Gasteiger partial charge in [0.15, 0.2) is 0 Å². The Hall–Kier alpha value is -1.59. The number of hydrogen-bond acceptors (Lipinski definition) is 4. The van der Waals surface area contributed by atoms with Crippen LogP contribution in [0.5, 0.6) is 5.75 Å². The third-order valence-electron chi connectivity index (χ3n) is 4.20. The Bertz CT molecular complexity index is 461. The smallest absolute Gasteiger partial charge is 0.237 e. The van der Waals surface area contributed by atoms with Crippen molar-refractivity contribution in [3.8, 4) is 5.75 Å². The number of nitrogens with two attached hydrogens (primary N) is 1. The van der Waals surface area contributed by atoms with Crippen LogP contribution in [0.2, 0.25) is 0 Å². The molecule has 0 bridgehead atoms. The van der Waals surface area contributed by atoms with Crippen LogP contribution in [0.15, 0.2) is 24.3 Å². The van der Waals surface area contributed by atoms with Crippen LogP contribution in [0, 0.1) is 5.92 Å². The number of phenols is 1. The predicted molar refractivity (Wildman–Crippen MR) is 80.8 cm³/mol. The summed E-state index contributed by atoms with van der Waals surface area (Å²) >= 11 is 0. The number of carbonyl (C=O) groups excluding carboxylic acids is 1. The molecule has 1 aliphatic rings. The average molecular weight is 292 g/mol. The van der Waals surface area contributed by atoms with Gasteiger partial charge < -0.3 is 21.3 Å². The minimum Gasteiger partial charge on any atom is -0.508 e. The lowest BCUT2D eigenvalue weighted by molar-refractivity contribution is -0.123. The molecular weight excluding hydrogens is 268 g/mol. The first kappa shape index (κ1) is 15.8. The summed E-state index contributed by atoms with van der Waals surface area (Å²) in [6.07, 6.45) is 4.48. The molecule has 0 saturated heterocycles. The van der Waals surface area contributed by atoms with Crippen LogP contribution in [0.3, 0.4) is 0 Å². The van der Waals surface area contributed by atoms with Crippen LogP contribution in [0.25, 0.3) is 0 Å². The van der Waals surface area contributed by atoms with Crippen LogP contribution in [-0.4, -0.2) is 34.8 Å². The second-order valence-corrected chi connectivity index (χ2v) is 5.82. The van der Waals surface area contributed by atoms with E-state index < -0.39 is 6.04 Å². The standard InChI is InChI=1S/C16H24N2O3/c17-14(9-11-5-7-13(20)8-6-11)16(21)18-15-4-2-1-3-12(15)10-19/h5-8,12,14-15,19-20H,1-4,9-10,17H2,(H,18,21). The maximum absolute atomic E-state index is 12.2. The predicted octanol–water partition coefficient (Wildman–Crippen LogP) is 0.929. The highest BCUT2D eigenvalue weighted by Crippen LogP contribution is 2.24. The molecular formula is C16H24N2O3. The first-order chi connectivity index (χ1) is 10.1. The molecule has 21 heavy (non-hydrogen) atoms. The SMILES string of the molecule is NC(Cc1ccc(O)cc1)C(=O)NC1CCCCC1CO. The van der Waals surface area contributed by atoms with Gasteiger partial charge in [0.1, 0.15) is 5.75 Å². The van der Waals surface area contributed by atoms with Crippen molar-refractivity contribution in [3.63, 3.8) is 0 Å². The summed E-state index contributed by atoms with van der Waals surface area (Å²) in [4.78, 5) is 12.2. The van der Waals surface area contributed by atoms with E-state index in [0.717, 1.165) is 31.2 Å². The second-order valence-electron chi connectivity index (χ2n) is 5.82. The van der Waals surface area contributed by atoms with Crippen molar-refractivity contribution >= 4 is 5.91 Å². The fourth-order valence-corrected chi connectivity index (χ4v) is 2.88. The van der Waals surface area contributed by atoms with E-state index in [9.17, 15) is 15.0 Å². The minimum atomic E-state index is -0.615. The van der Waals surface area contributed by atoms with Crippen molar-refractivity contribution in [3.05, 3.63) is 29.8 Å². The summed E-state index contributed by atoms with van der Waals surface area (Å²) in [6, 6.07) is 6.11. The Morgan fingerprint density at radius 2 is 1.95 bits per heavy atom. The zero-order valence-corrected chi connectivity index (χ0v) is 12.2. The van der Waals surface area contributed by atoms with E-state index in [1.54, 1.807) is 24.3 Å². The molecule has 116 valence electrons. The Morgan fingerprint density at radius 3 is 2.62 bits per heavy atom. The van der Waals surface area contributed by atoms with Gasteiger partial charge in [-0.25, -0.2) is 0 Å². The number of nitrogens with one attached hydrogen (secondary N) is 1. The highest BCUT2D eigenvalue weighted by molar-refractivity contribution is 5.82. The van der Waals surface area contributed by atoms with Crippen molar-refractivity contribution in [1.29, 1.82) is 0 Å². The van der Waals surface area contributed by atoms with E-state index in [0.29, 0.717) is 6.42 Å². The number of amides is 1. The molecule has 1 fully saturated rings. The Labute approximate surface area is 125 Å². The molecule has 1 amide bonds. The van der Waals surface area contributed by atoms with Crippen LogP contribution >= 0.6 is 0 Å². The lowest BCUT2D eigenvalue weighted by Crippen LogP contribution is -2.50. The number of hydrogen-bond donors (Lipinski definition) is 4. The minimum absolute atomic E-state index is 0.0297. The first-order valence-corrected chi connectivity index (χ1v) is 7.55. The molecule has 3 atom stereocenters. The van der Waals surface area contributed by atoms with Crippen molar-refractivity contribution in [2.75, 3.05) is 6.61 Å². The van der Waals surface area contributed by atoms with E-state index in [2.05, 4.69) is 5.32 Å². The summed E-state index contributed by atoms with van der Waals surface area (Å²) in [7, 11) is 0. The van der Waals surface area contributed by atoms with Gasteiger partial charge in [0, 0.05) is 18.6 Å². The molecule has 3 unspecified atom stereocenters. The van der Waals surface area contributed by atoms with Gasteiger partial charge in [-0.1, -0.05) is 25.0 Å². The summed E-state index contributed by atoms with van der Waals surface area (Å²) in [5.41, 5.74) is 6.87. The highest BCUT2D eigenvalue weighted by Gasteiger charge is 2.27. The van der Waals surface area contributed by atoms with Crippen LogP contribution in [0.1, 0.15) is 31.2 Å². The molecule has 0 spiro atoms. The molecule has 0 radical (unpaired) electrons. The topological polar surface area (TPSA) is 95.6 Å². The monoisotopic (exact) mass is 292 g/mol. The van der Waals surface area contributed by atoms with Gasteiger partial charge in [-0.05, 0) is 37.0 Å². The Kier molecular flexibility index (Phi) is 5.59. The third kappa shape index (κ3) is 4.44. The van der Waals surface area contributed by atoms with Crippen molar-refractivity contribution < 1.29 is 15.0 Å². The quantitative estimate of drug-likeness (QED) is 0.649. The van der Waals surface area contributed by atoms with Gasteiger partial charge in [-0.15, -0.1) is 0 Å². The lowest BCUT2D eigenvalue weighted by atomic mass is 9.85. The lowest BCUT2D eigenvalue weighted by Gasteiger charge is -2.31. The summed E-state index contributed by atoms with van der Waals surface area (Å²) in [6.45, 7) is 0.109. The maximum atomic E-state index is 12.2. The number of aromatic hydroxyl groups is 1. The van der Waals surface area contributed by atoms with Crippen LogP contribution in [0.4, 0.5) is 0 Å². The number of benzene rings is 1. The van der Waals surface area contributed by atoms with E-state index in [4.69, 9.17) is 5.73 Å². The second kappa shape index (κ2) is 7.43. The zero-order chi connectivity index (χ0) is 15.2. The summed E-state index contributed by atoms with van der Waals surface area (Å²) < 4.78 is 0. The van der Waals surface area contributed by atoms with Crippen molar-refractivity contribution in [2.45, 2.75) is 44.2 Å². The largest absolute Gasteiger partial charge is 0.508 e. The summed E-state index contributed by atoms with van der Waals surface area (Å²) in [5.74, 6) is 0.168. The fourth-order valence-electron chi connectivity index (χ4n) is 2.88. The van der Waals surface area contributed by atoms with Gasteiger partial charge in [0.2, 0.25) is 5.91 Å². The number of carbonyl (C=O) groups is 1. The average Bonchev–Trinajstić information content (AvgIpc) is 2.50. The van der Waals surface area contributed by atoms with Gasteiger partial charge in [0.05, 0.1) is 6.04 Å².